The summed E-state index contributed by atoms with van der Waals surface area (Å²) < 4.78 is 17.6. The van der Waals surface area contributed by atoms with E-state index in [2.05, 4.69) is 15.9 Å². The zero-order valence-corrected chi connectivity index (χ0v) is 17.3. The summed E-state index contributed by atoms with van der Waals surface area (Å²) in [4.78, 5) is 12.4. The largest absolute Gasteiger partial charge is 0.490 e. The van der Waals surface area contributed by atoms with Crippen LogP contribution in [0.1, 0.15) is 15.9 Å². The fourth-order valence-corrected chi connectivity index (χ4v) is 2.80. The van der Waals surface area contributed by atoms with Crippen molar-refractivity contribution in [3.8, 4) is 11.5 Å². The molecule has 0 bridgehead atoms. The first kappa shape index (κ1) is 20.2. The lowest BCUT2D eigenvalue weighted by atomic mass is 10.2. The Hall–Kier alpha value is -2.50. The number of carbonyl (C=O) groups excluding carboxylic acids is 1. The molecule has 0 aliphatic carbocycles. The number of esters is 1. The summed E-state index contributed by atoms with van der Waals surface area (Å²) in [5.74, 6) is 0.730. The van der Waals surface area contributed by atoms with Crippen LogP contribution in [0.15, 0.2) is 77.3 Å². The van der Waals surface area contributed by atoms with Gasteiger partial charge >= 0.3 is 5.97 Å². The summed E-state index contributed by atoms with van der Waals surface area (Å²) in [7, 11) is 0. The minimum atomic E-state index is -0.453. The summed E-state index contributed by atoms with van der Waals surface area (Å²) in [6.45, 7) is 0.732. The average Bonchev–Trinajstić information content (AvgIpc) is 2.72. The third-order valence-corrected chi connectivity index (χ3v) is 4.59. The molecule has 0 radical (unpaired) electrons. The third-order valence-electron chi connectivity index (χ3n) is 3.81. The second-order valence-corrected chi connectivity index (χ2v) is 7.20. The summed E-state index contributed by atoms with van der Waals surface area (Å²) in [5.41, 5.74) is 1.33. The number of ether oxygens (including phenoxy) is 3. The predicted octanol–water partition coefficient (Wildman–Crippen LogP) is 5.92. The normalized spacial score (nSPS) is 10.4. The Kier molecular flexibility index (Phi) is 7.34. The van der Waals surface area contributed by atoms with Gasteiger partial charge in [-0.15, -0.1) is 0 Å². The van der Waals surface area contributed by atoms with Crippen molar-refractivity contribution in [2.75, 3.05) is 13.2 Å². The number of carbonyl (C=O) groups is 1. The van der Waals surface area contributed by atoms with Gasteiger partial charge in [0, 0.05) is 9.50 Å². The van der Waals surface area contributed by atoms with Crippen LogP contribution in [0.3, 0.4) is 0 Å². The summed E-state index contributed by atoms with van der Waals surface area (Å²) in [6.07, 6.45) is 0. The smallest absolute Gasteiger partial charge is 0.342 e. The van der Waals surface area contributed by atoms with E-state index in [0.717, 1.165) is 10.0 Å². The number of para-hydroxylation sites is 1. The van der Waals surface area contributed by atoms with Gasteiger partial charge < -0.3 is 14.2 Å². The first-order valence-electron chi connectivity index (χ1n) is 8.63. The average molecular weight is 462 g/mol. The van der Waals surface area contributed by atoms with Crippen molar-refractivity contribution in [2.45, 2.75) is 6.61 Å². The summed E-state index contributed by atoms with van der Waals surface area (Å²) in [6, 6.07) is 21.8. The van der Waals surface area contributed by atoms with Crippen LogP contribution in [0.4, 0.5) is 0 Å². The van der Waals surface area contributed by atoms with Crippen LogP contribution in [0.2, 0.25) is 5.02 Å². The first-order valence-corrected chi connectivity index (χ1v) is 9.81. The highest BCUT2D eigenvalue weighted by molar-refractivity contribution is 9.10. The topological polar surface area (TPSA) is 44.8 Å². The van der Waals surface area contributed by atoms with E-state index < -0.39 is 5.97 Å². The molecule has 0 aromatic heterocycles. The number of hydrogen-bond donors (Lipinski definition) is 0. The van der Waals surface area contributed by atoms with E-state index in [4.69, 9.17) is 25.8 Å². The SMILES string of the molecule is O=C(OCCOc1ccc(Br)cc1)c1ccccc1OCc1ccc(Cl)cc1. The van der Waals surface area contributed by atoms with E-state index >= 15 is 0 Å². The maximum Gasteiger partial charge on any atom is 0.342 e. The predicted molar refractivity (Wildman–Crippen MR) is 112 cm³/mol. The quantitative estimate of drug-likeness (QED) is 0.309. The molecule has 3 aromatic carbocycles. The minimum absolute atomic E-state index is 0.139. The molecule has 144 valence electrons. The lowest BCUT2D eigenvalue weighted by Crippen LogP contribution is -2.13. The second kappa shape index (κ2) is 10.2. The van der Waals surface area contributed by atoms with Crippen LogP contribution < -0.4 is 9.47 Å². The molecule has 3 aromatic rings. The van der Waals surface area contributed by atoms with Crippen LogP contribution in [0.5, 0.6) is 11.5 Å². The molecule has 3 rings (SSSR count). The molecule has 0 atom stereocenters. The van der Waals surface area contributed by atoms with Gasteiger partial charge in [0.1, 0.15) is 36.9 Å². The zero-order chi connectivity index (χ0) is 19.8. The highest BCUT2D eigenvalue weighted by Gasteiger charge is 2.13. The van der Waals surface area contributed by atoms with Gasteiger partial charge in [0.25, 0.3) is 0 Å². The van der Waals surface area contributed by atoms with E-state index in [9.17, 15) is 4.79 Å². The molecule has 0 unspecified atom stereocenters. The number of benzene rings is 3. The molecular formula is C22H18BrClO4. The highest BCUT2D eigenvalue weighted by atomic mass is 79.9. The fourth-order valence-electron chi connectivity index (χ4n) is 2.41. The Morgan fingerprint density at radius 2 is 1.57 bits per heavy atom. The van der Waals surface area contributed by atoms with Crippen molar-refractivity contribution in [1.82, 2.24) is 0 Å². The van der Waals surface area contributed by atoms with Crippen molar-refractivity contribution in [3.63, 3.8) is 0 Å². The van der Waals surface area contributed by atoms with E-state index in [1.807, 2.05) is 42.5 Å². The molecule has 0 aliphatic rings. The second-order valence-electron chi connectivity index (χ2n) is 5.85. The van der Waals surface area contributed by atoms with Crippen LogP contribution in [-0.2, 0) is 11.3 Å². The van der Waals surface area contributed by atoms with Crippen LogP contribution in [0.25, 0.3) is 0 Å². The summed E-state index contributed by atoms with van der Waals surface area (Å²) >= 11 is 9.25. The van der Waals surface area contributed by atoms with Crippen molar-refractivity contribution in [1.29, 1.82) is 0 Å². The van der Waals surface area contributed by atoms with Crippen molar-refractivity contribution in [3.05, 3.63) is 93.4 Å². The monoisotopic (exact) mass is 460 g/mol. The number of hydrogen-bond acceptors (Lipinski definition) is 4. The molecule has 0 amide bonds. The van der Waals surface area contributed by atoms with Crippen LogP contribution >= 0.6 is 27.5 Å². The molecule has 0 N–H and O–H groups in total. The Morgan fingerprint density at radius 3 is 2.32 bits per heavy atom. The van der Waals surface area contributed by atoms with Gasteiger partial charge in [0.05, 0.1) is 0 Å². The molecule has 0 fully saturated rings. The Morgan fingerprint density at radius 1 is 0.857 bits per heavy atom. The standard InChI is InChI=1S/C22H18BrClO4/c23-17-7-11-19(12-8-17)26-13-14-27-22(25)20-3-1-2-4-21(20)28-15-16-5-9-18(24)10-6-16/h1-12H,13-15H2. The third kappa shape index (κ3) is 6.01. The van der Waals surface area contributed by atoms with Gasteiger partial charge in [0.15, 0.2) is 0 Å². The van der Waals surface area contributed by atoms with Gasteiger partial charge in [0.2, 0.25) is 0 Å². The molecule has 0 heterocycles. The van der Waals surface area contributed by atoms with E-state index in [-0.39, 0.29) is 13.2 Å². The van der Waals surface area contributed by atoms with Crippen molar-refractivity contribution >= 4 is 33.5 Å². The lowest BCUT2D eigenvalue weighted by molar-refractivity contribution is 0.0445. The van der Waals surface area contributed by atoms with E-state index in [1.165, 1.54) is 0 Å². The molecular weight excluding hydrogens is 444 g/mol. The molecule has 0 spiro atoms. The van der Waals surface area contributed by atoms with Gasteiger partial charge in [-0.05, 0) is 54.1 Å². The molecule has 0 aliphatic heterocycles. The van der Waals surface area contributed by atoms with Crippen molar-refractivity contribution in [2.24, 2.45) is 0 Å². The molecule has 0 saturated carbocycles. The van der Waals surface area contributed by atoms with E-state index in [0.29, 0.717) is 28.7 Å². The van der Waals surface area contributed by atoms with Gasteiger partial charge in [-0.25, -0.2) is 4.79 Å². The van der Waals surface area contributed by atoms with Crippen molar-refractivity contribution < 1.29 is 19.0 Å². The molecule has 0 saturated heterocycles. The number of rotatable bonds is 8. The Balaban J connectivity index is 1.51. The van der Waals surface area contributed by atoms with Crippen LogP contribution in [0, 0.1) is 0 Å². The first-order chi connectivity index (χ1) is 13.6. The fraction of sp³-hybridized carbons (Fsp3) is 0.136. The van der Waals surface area contributed by atoms with Gasteiger partial charge in [-0.1, -0.05) is 51.8 Å². The molecule has 28 heavy (non-hydrogen) atoms. The van der Waals surface area contributed by atoms with E-state index in [1.54, 1.807) is 30.3 Å². The maximum absolute atomic E-state index is 12.4. The lowest BCUT2D eigenvalue weighted by Gasteiger charge is -2.12. The van der Waals surface area contributed by atoms with Crippen LogP contribution in [-0.4, -0.2) is 19.2 Å². The molecule has 6 heteroatoms. The Bertz CT molecular complexity index is 911. The maximum atomic E-state index is 12.4. The Labute approximate surface area is 177 Å². The zero-order valence-electron chi connectivity index (χ0n) is 14.9. The van der Waals surface area contributed by atoms with Gasteiger partial charge in [-0.3, -0.25) is 0 Å². The number of halogens is 2. The highest BCUT2D eigenvalue weighted by Crippen LogP contribution is 2.21. The summed E-state index contributed by atoms with van der Waals surface area (Å²) in [5, 5.41) is 0.665. The minimum Gasteiger partial charge on any atom is -0.490 e. The molecule has 4 nitrogen and oxygen atoms in total. The van der Waals surface area contributed by atoms with Gasteiger partial charge in [-0.2, -0.15) is 0 Å².